The molecule has 0 amide bonds. The van der Waals surface area contributed by atoms with Gasteiger partial charge in [-0.05, 0) is 13.8 Å². The molecular weight excluding hydrogens is 144 g/mol. The first kappa shape index (κ1) is 10.2. The highest BCUT2D eigenvalue weighted by Gasteiger charge is 1.95. The van der Waals surface area contributed by atoms with E-state index < -0.39 is 0 Å². The largest absolute Gasteiger partial charge is 0.460 e. The lowest BCUT2D eigenvalue weighted by molar-refractivity contribution is -0.139. The highest BCUT2D eigenvalue weighted by molar-refractivity contribution is 5.82. The lowest BCUT2D eigenvalue weighted by Gasteiger charge is -1.99. The molecule has 0 aliphatic carbocycles. The van der Waals surface area contributed by atoms with Crippen molar-refractivity contribution in [3.63, 3.8) is 0 Å². The predicted molar refractivity (Wildman–Crippen MR) is 42.3 cm³/mol. The minimum Gasteiger partial charge on any atom is -0.460 e. The summed E-state index contributed by atoms with van der Waals surface area (Å²) in [5.41, 5.74) is 0.937. The van der Waals surface area contributed by atoms with Crippen molar-refractivity contribution in [3.05, 3.63) is 11.6 Å². The number of carbonyl (C=O) groups excluding carboxylic acids is 1. The molecule has 0 aliphatic heterocycles. The molecule has 0 heterocycles. The number of carbonyl (C=O) groups is 1. The van der Waals surface area contributed by atoms with Gasteiger partial charge in [-0.1, -0.05) is 5.57 Å². The summed E-state index contributed by atoms with van der Waals surface area (Å²) in [7, 11) is 1.56. The van der Waals surface area contributed by atoms with Gasteiger partial charge in [0.25, 0.3) is 0 Å². The van der Waals surface area contributed by atoms with E-state index in [0.29, 0.717) is 13.2 Å². The topological polar surface area (TPSA) is 35.5 Å². The Morgan fingerprint density at radius 2 is 2.00 bits per heavy atom. The van der Waals surface area contributed by atoms with Gasteiger partial charge in [-0.15, -0.1) is 0 Å². The van der Waals surface area contributed by atoms with E-state index in [1.54, 1.807) is 7.11 Å². The second-order valence-electron chi connectivity index (χ2n) is 2.38. The fourth-order valence-corrected chi connectivity index (χ4v) is 0.503. The number of hydrogen-bond acceptors (Lipinski definition) is 3. The van der Waals surface area contributed by atoms with E-state index in [4.69, 9.17) is 9.47 Å². The maximum Gasteiger partial charge on any atom is 0.330 e. The van der Waals surface area contributed by atoms with Crippen LogP contribution in [0.4, 0.5) is 0 Å². The van der Waals surface area contributed by atoms with Crippen LogP contribution in [0.25, 0.3) is 0 Å². The van der Waals surface area contributed by atoms with Crippen molar-refractivity contribution in [2.24, 2.45) is 0 Å². The van der Waals surface area contributed by atoms with E-state index in [2.05, 4.69) is 0 Å². The van der Waals surface area contributed by atoms with Crippen LogP contribution in [0, 0.1) is 0 Å². The van der Waals surface area contributed by atoms with Crippen molar-refractivity contribution in [1.29, 1.82) is 0 Å². The van der Waals surface area contributed by atoms with E-state index in [-0.39, 0.29) is 5.97 Å². The molecule has 0 saturated carbocycles. The Hall–Kier alpha value is -0.830. The van der Waals surface area contributed by atoms with Gasteiger partial charge in [0.15, 0.2) is 0 Å². The van der Waals surface area contributed by atoms with Gasteiger partial charge < -0.3 is 9.47 Å². The van der Waals surface area contributed by atoms with Gasteiger partial charge >= 0.3 is 5.97 Å². The summed E-state index contributed by atoms with van der Waals surface area (Å²) in [5, 5.41) is 0. The average molecular weight is 158 g/mol. The zero-order chi connectivity index (χ0) is 8.69. The molecule has 11 heavy (non-hydrogen) atoms. The van der Waals surface area contributed by atoms with E-state index in [0.717, 1.165) is 5.57 Å². The van der Waals surface area contributed by atoms with E-state index >= 15 is 0 Å². The van der Waals surface area contributed by atoms with Crippen molar-refractivity contribution in [1.82, 2.24) is 0 Å². The number of rotatable bonds is 4. The highest BCUT2D eigenvalue weighted by Crippen LogP contribution is 1.90. The smallest absolute Gasteiger partial charge is 0.330 e. The van der Waals surface area contributed by atoms with Crippen LogP contribution in [0.3, 0.4) is 0 Å². The van der Waals surface area contributed by atoms with Crippen LogP contribution >= 0.6 is 0 Å². The third-order valence-corrected chi connectivity index (χ3v) is 0.938. The molecule has 0 radical (unpaired) electrons. The predicted octanol–water partition coefficient (Wildman–Crippen LogP) is 1.14. The zero-order valence-corrected chi connectivity index (χ0v) is 7.22. The highest BCUT2D eigenvalue weighted by atomic mass is 16.6. The summed E-state index contributed by atoms with van der Waals surface area (Å²) < 4.78 is 9.45. The summed E-state index contributed by atoms with van der Waals surface area (Å²) in [4.78, 5) is 10.8. The molecule has 0 aromatic heterocycles. The van der Waals surface area contributed by atoms with Gasteiger partial charge in [-0.25, -0.2) is 4.79 Å². The molecule has 0 bridgehead atoms. The number of allylic oxidation sites excluding steroid dienone is 1. The number of ether oxygens (including phenoxy) is 2. The molecule has 0 aliphatic rings. The van der Waals surface area contributed by atoms with Crippen molar-refractivity contribution >= 4 is 5.97 Å². The Balaban J connectivity index is 3.46. The van der Waals surface area contributed by atoms with Gasteiger partial charge in [-0.2, -0.15) is 0 Å². The monoisotopic (exact) mass is 158 g/mol. The Morgan fingerprint density at radius 3 is 2.45 bits per heavy atom. The quantitative estimate of drug-likeness (QED) is 0.349. The number of hydrogen-bond donors (Lipinski definition) is 0. The minimum absolute atomic E-state index is 0.304. The van der Waals surface area contributed by atoms with Crippen LogP contribution in [0.5, 0.6) is 0 Å². The lowest BCUT2D eigenvalue weighted by atomic mass is 10.3. The summed E-state index contributed by atoms with van der Waals surface area (Å²) >= 11 is 0. The molecule has 3 heteroatoms. The Morgan fingerprint density at radius 1 is 1.36 bits per heavy atom. The maximum atomic E-state index is 10.8. The molecular formula is C8H14O3. The molecule has 0 saturated heterocycles. The first-order valence-corrected chi connectivity index (χ1v) is 3.47. The van der Waals surface area contributed by atoms with Crippen molar-refractivity contribution < 1.29 is 14.3 Å². The Kier molecular flexibility index (Phi) is 5.47. The molecule has 0 N–H and O–H groups in total. The second kappa shape index (κ2) is 5.92. The first-order valence-electron chi connectivity index (χ1n) is 3.47. The van der Waals surface area contributed by atoms with Crippen molar-refractivity contribution in [3.8, 4) is 0 Å². The molecule has 0 spiro atoms. The third-order valence-electron chi connectivity index (χ3n) is 0.938. The van der Waals surface area contributed by atoms with E-state index in [9.17, 15) is 4.79 Å². The SMILES string of the molecule is COCCOC(=O)C=C(C)C. The molecule has 0 unspecified atom stereocenters. The van der Waals surface area contributed by atoms with E-state index in [1.807, 2.05) is 13.8 Å². The summed E-state index contributed by atoms with van der Waals surface area (Å²) in [6.45, 7) is 4.45. The van der Waals surface area contributed by atoms with Crippen LogP contribution < -0.4 is 0 Å². The fourth-order valence-electron chi connectivity index (χ4n) is 0.503. The molecule has 0 rings (SSSR count). The van der Waals surface area contributed by atoms with Crippen LogP contribution in [-0.2, 0) is 14.3 Å². The van der Waals surface area contributed by atoms with E-state index in [1.165, 1.54) is 6.08 Å². The van der Waals surface area contributed by atoms with Gasteiger partial charge in [0, 0.05) is 13.2 Å². The summed E-state index contributed by atoms with van der Waals surface area (Å²) in [6.07, 6.45) is 1.45. The van der Waals surface area contributed by atoms with Crippen LogP contribution in [0.2, 0.25) is 0 Å². The third kappa shape index (κ3) is 7.06. The first-order chi connectivity index (χ1) is 5.16. The average Bonchev–Trinajstić information content (AvgIpc) is 1.86. The van der Waals surface area contributed by atoms with Gasteiger partial charge in [0.05, 0.1) is 6.61 Å². The molecule has 0 aromatic carbocycles. The van der Waals surface area contributed by atoms with Gasteiger partial charge in [0.2, 0.25) is 0 Å². The van der Waals surface area contributed by atoms with Crippen molar-refractivity contribution in [2.75, 3.05) is 20.3 Å². The molecule has 0 aromatic rings. The van der Waals surface area contributed by atoms with Crippen LogP contribution in [0.15, 0.2) is 11.6 Å². The van der Waals surface area contributed by atoms with Gasteiger partial charge in [0.1, 0.15) is 6.61 Å². The number of methoxy groups -OCH3 is 1. The number of esters is 1. The van der Waals surface area contributed by atoms with Gasteiger partial charge in [-0.3, -0.25) is 0 Å². The van der Waals surface area contributed by atoms with Crippen LogP contribution in [-0.4, -0.2) is 26.3 Å². The normalized spacial score (nSPS) is 9.00. The molecule has 0 fully saturated rings. The second-order valence-corrected chi connectivity index (χ2v) is 2.38. The Labute approximate surface area is 67.0 Å². The zero-order valence-electron chi connectivity index (χ0n) is 7.22. The molecule has 3 nitrogen and oxygen atoms in total. The maximum absolute atomic E-state index is 10.8. The van der Waals surface area contributed by atoms with Crippen LogP contribution in [0.1, 0.15) is 13.8 Å². The Bertz CT molecular complexity index is 145. The lowest BCUT2D eigenvalue weighted by Crippen LogP contribution is -2.07. The fraction of sp³-hybridized carbons (Fsp3) is 0.625. The summed E-state index contributed by atoms with van der Waals surface area (Å²) in [5.74, 6) is -0.304. The molecule has 0 atom stereocenters. The minimum atomic E-state index is -0.304. The van der Waals surface area contributed by atoms with Crippen molar-refractivity contribution in [2.45, 2.75) is 13.8 Å². The summed E-state index contributed by atoms with van der Waals surface area (Å²) in [6, 6.07) is 0. The molecule has 64 valence electrons. The standard InChI is InChI=1S/C8H14O3/c1-7(2)6-8(9)11-5-4-10-3/h6H,4-5H2,1-3H3.